The number of amides is 1. The predicted molar refractivity (Wildman–Crippen MR) is 97.0 cm³/mol. The zero-order valence-corrected chi connectivity index (χ0v) is 14.6. The fraction of sp³-hybridized carbons (Fsp3) is 0.300. The van der Waals surface area contributed by atoms with Crippen molar-refractivity contribution in [3.8, 4) is 0 Å². The van der Waals surface area contributed by atoms with Gasteiger partial charge in [-0.1, -0.05) is 36.4 Å². The molecule has 1 unspecified atom stereocenters. The van der Waals surface area contributed by atoms with Crippen molar-refractivity contribution < 1.29 is 14.3 Å². The lowest BCUT2D eigenvalue weighted by Crippen LogP contribution is -2.31. The average Bonchev–Trinajstić information content (AvgIpc) is 2.62. The van der Waals surface area contributed by atoms with E-state index in [0.717, 1.165) is 16.7 Å². The van der Waals surface area contributed by atoms with Crippen LogP contribution in [-0.2, 0) is 16.1 Å². The Morgan fingerprint density at radius 1 is 1.12 bits per heavy atom. The largest absolute Gasteiger partial charge is 0.466 e. The SMILES string of the molecule is CCOC(=O)CC(NC(=O)c1ccc(CN)cc1)c1ccccc1C. The lowest BCUT2D eigenvalue weighted by molar-refractivity contribution is -0.143. The van der Waals surface area contributed by atoms with E-state index in [1.54, 1.807) is 19.1 Å². The van der Waals surface area contributed by atoms with Gasteiger partial charge in [0, 0.05) is 12.1 Å². The van der Waals surface area contributed by atoms with Gasteiger partial charge in [0.05, 0.1) is 19.1 Å². The second kappa shape index (κ2) is 8.99. The average molecular weight is 340 g/mol. The lowest BCUT2D eigenvalue weighted by atomic mass is 9.98. The van der Waals surface area contributed by atoms with Gasteiger partial charge >= 0.3 is 5.97 Å². The molecule has 3 N–H and O–H groups in total. The third-order valence-corrected chi connectivity index (χ3v) is 4.00. The Kier molecular flexibility index (Phi) is 6.71. The summed E-state index contributed by atoms with van der Waals surface area (Å²) in [7, 11) is 0. The Bertz CT molecular complexity index is 726. The minimum absolute atomic E-state index is 0.0886. The van der Waals surface area contributed by atoms with E-state index in [1.165, 1.54) is 0 Å². The first kappa shape index (κ1) is 18.7. The van der Waals surface area contributed by atoms with Gasteiger partial charge in [-0.15, -0.1) is 0 Å². The van der Waals surface area contributed by atoms with Crippen LogP contribution in [0.5, 0.6) is 0 Å². The van der Waals surface area contributed by atoms with Crippen LogP contribution in [-0.4, -0.2) is 18.5 Å². The van der Waals surface area contributed by atoms with E-state index < -0.39 is 6.04 Å². The number of aryl methyl sites for hydroxylation is 1. The molecule has 2 aromatic rings. The van der Waals surface area contributed by atoms with Crippen molar-refractivity contribution in [3.63, 3.8) is 0 Å². The van der Waals surface area contributed by atoms with E-state index in [-0.39, 0.29) is 18.3 Å². The lowest BCUT2D eigenvalue weighted by Gasteiger charge is -2.20. The van der Waals surface area contributed by atoms with Crippen LogP contribution < -0.4 is 11.1 Å². The van der Waals surface area contributed by atoms with Crippen LogP contribution in [0.3, 0.4) is 0 Å². The second-order valence-corrected chi connectivity index (χ2v) is 5.79. The molecule has 0 aliphatic carbocycles. The maximum Gasteiger partial charge on any atom is 0.308 e. The van der Waals surface area contributed by atoms with Gasteiger partial charge in [-0.25, -0.2) is 0 Å². The molecule has 0 aromatic heterocycles. The summed E-state index contributed by atoms with van der Waals surface area (Å²) in [6.45, 7) is 4.46. The molecule has 0 saturated heterocycles. The first-order valence-electron chi connectivity index (χ1n) is 8.36. The first-order chi connectivity index (χ1) is 12.0. The van der Waals surface area contributed by atoms with Gasteiger partial charge in [0.1, 0.15) is 0 Å². The zero-order chi connectivity index (χ0) is 18.2. The van der Waals surface area contributed by atoms with Crippen molar-refractivity contribution in [3.05, 3.63) is 70.8 Å². The van der Waals surface area contributed by atoms with Gasteiger partial charge in [-0.3, -0.25) is 9.59 Å². The number of benzene rings is 2. The molecule has 0 radical (unpaired) electrons. The molecule has 2 rings (SSSR count). The fourth-order valence-electron chi connectivity index (χ4n) is 2.64. The predicted octanol–water partition coefficient (Wildman–Crippen LogP) is 2.88. The topological polar surface area (TPSA) is 81.4 Å². The summed E-state index contributed by atoms with van der Waals surface area (Å²) in [5.74, 6) is -0.573. The number of rotatable bonds is 7. The maximum atomic E-state index is 12.6. The van der Waals surface area contributed by atoms with Crippen LogP contribution in [0.25, 0.3) is 0 Å². The summed E-state index contributed by atoms with van der Waals surface area (Å²) >= 11 is 0. The molecule has 0 spiro atoms. The number of hydrogen-bond acceptors (Lipinski definition) is 4. The van der Waals surface area contributed by atoms with Crippen molar-refractivity contribution in [1.82, 2.24) is 5.32 Å². The van der Waals surface area contributed by atoms with Crippen LogP contribution >= 0.6 is 0 Å². The Morgan fingerprint density at radius 2 is 1.80 bits per heavy atom. The van der Waals surface area contributed by atoms with Crippen molar-refractivity contribution in [2.45, 2.75) is 32.9 Å². The molecule has 5 heteroatoms. The van der Waals surface area contributed by atoms with Gasteiger partial charge in [-0.05, 0) is 42.7 Å². The molecule has 2 aromatic carbocycles. The molecule has 5 nitrogen and oxygen atoms in total. The maximum absolute atomic E-state index is 12.6. The van der Waals surface area contributed by atoms with Crippen molar-refractivity contribution >= 4 is 11.9 Å². The van der Waals surface area contributed by atoms with Gasteiger partial charge in [-0.2, -0.15) is 0 Å². The molecular formula is C20H24N2O3. The van der Waals surface area contributed by atoms with Gasteiger partial charge in [0.2, 0.25) is 0 Å². The summed E-state index contributed by atoms with van der Waals surface area (Å²) in [5.41, 5.74) is 8.98. The highest BCUT2D eigenvalue weighted by molar-refractivity contribution is 5.94. The summed E-state index contributed by atoms with van der Waals surface area (Å²) in [5, 5.41) is 2.95. The second-order valence-electron chi connectivity index (χ2n) is 5.79. The summed E-state index contributed by atoms with van der Waals surface area (Å²) in [6, 6.07) is 14.4. The number of hydrogen-bond donors (Lipinski definition) is 2. The van der Waals surface area contributed by atoms with Crippen LogP contribution in [0.2, 0.25) is 0 Å². The summed E-state index contributed by atoms with van der Waals surface area (Å²) in [4.78, 5) is 24.5. The monoisotopic (exact) mass is 340 g/mol. The Labute approximate surface area is 148 Å². The molecule has 0 saturated carbocycles. The van der Waals surface area contributed by atoms with E-state index in [9.17, 15) is 9.59 Å². The number of nitrogens with two attached hydrogens (primary N) is 1. The molecule has 1 amide bonds. The summed E-state index contributed by atoms with van der Waals surface area (Å²) in [6.07, 6.45) is 0.0886. The number of ether oxygens (including phenoxy) is 1. The van der Waals surface area contributed by atoms with E-state index in [2.05, 4.69) is 5.32 Å². The van der Waals surface area contributed by atoms with Crippen LogP contribution in [0, 0.1) is 6.92 Å². The Hall–Kier alpha value is -2.66. The smallest absolute Gasteiger partial charge is 0.308 e. The minimum Gasteiger partial charge on any atom is -0.466 e. The fourth-order valence-corrected chi connectivity index (χ4v) is 2.64. The van der Waals surface area contributed by atoms with E-state index >= 15 is 0 Å². The van der Waals surface area contributed by atoms with Gasteiger partial charge < -0.3 is 15.8 Å². The van der Waals surface area contributed by atoms with E-state index in [1.807, 2.05) is 43.3 Å². The van der Waals surface area contributed by atoms with E-state index in [0.29, 0.717) is 18.7 Å². The standard InChI is InChI=1S/C20H24N2O3/c1-3-25-19(23)12-18(17-7-5-4-6-14(17)2)22-20(24)16-10-8-15(13-21)9-11-16/h4-11,18H,3,12-13,21H2,1-2H3,(H,22,24). The molecule has 0 fully saturated rings. The highest BCUT2D eigenvalue weighted by Crippen LogP contribution is 2.22. The molecule has 25 heavy (non-hydrogen) atoms. The number of esters is 1. The molecular weight excluding hydrogens is 316 g/mol. The molecule has 132 valence electrons. The highest BCUT2D eigenvalue weighted by Gasteiger charge is 2.21. The molecule has 0 aliphatic rings. The third kappa shape index (κ3) is 5.16. The highest BCUT2D eigenvalue weighted by atomic mass is 16.5. The Morgan fingerprint density at radius 3 is 2.40 bits per heavy atom. The number of nitrogens with one attached hydrogen (secondary N) is 1. The Balaban J connectivity index is 2.21. The quantitative estimate of drug-likeness (QED) is 0.760. The summed E-state index contributed by atoms with van der Waals surface area (Å²) < 4.78 is 5.05. The number of carbonyl (C=O) groups is 2. The van der Waals surface area contributed by atoms with Crippen LogP contribution in [0.1, 0.15) is 46.4 Å². The van der Waals surface area contributed by atoms with Gasteiger partial charge in [0.15, 0.2) is 0 Å². The van der Waals surface area contributed by atoms with Crippen molar-refractivity contribution in [2.75, 3.05) is 6.61 Å². The third-order valence-electron chi connectivity index (χ3n) is 4.00. The van der Waals surface area contributed by atoms with Crippen molar-refractivity contribution in [1.29, 1.82) is 0 Å². The normalized spacial score (nSPS) is 11.6. The van der Waals surface area contributed by atoms with E-state index in [4.69, 9.17) is 10.5 Å². The molecule has 0 heterocycles. The van der Waals surface area contributed by atoms with Crippen molar-refractivity contribution in [2.24, 2.45) is 5.73 Å². The molecule has 0 bridgehead atoms. The molecule has 0 aliphatic heterocycles. The minimum atomic E-state index is -0.443. The van der Waals surface area contributed by atoms with Crippen LogP contribution in [0.15, 0.2) is 48.5 Å². The zero-order valence-electron chi connectivity index (χ0n) is 14.6. The van der Waals surface area contributed by atoms with Gasteiger partial charge in [0.25, 0.3) is 5.91 Å². The van der Waals surface area contributed by atoms with Crippen LogP contribution in [0.4, 0.5) is 0 Å². The number of carbonyl (C=O) groups excluding carboxylic acids is 2. The molecule has 1 atom stereocenters. The first-order valence-corrected chi connectivity index (χ1v) is 8.36.